The maximum Gasteiger partial charge on any atom is 0.224 e. The lowest BCUT2D eigenvalue weighted by atomic mass is 9.97. The molecule has 2 aromatic carbocycles. The van der Waals surface area contributed by atoms with Crippen LogP contribution in [0.4, 0.5) is 5.69 Å². The lowest BCUT2D eigenvalue weighted by Gasteiger charge is -2.13. The molecule has 0 aliphatic carbocycles. The predicted octanol–water partition coefficient (Wildman–Crippen LogP) is 3.07. The molecule has 0 aliphatic rings. The molecular formula is C20H23N5O2. The first kappa shape index (κ1) is 18.6. The van der Waals surface area contributed by atoms with Crippen LogP contribution >= 0.6 is 0 Å². The van der Waals surface area contributed by atoms with E-state index in [1.807, 2.05) is 55.5 Å². The summed E-state index contributed by atoms with van der Waals surface area (Å²) in [5.41, 5.74) is 8.19. The van der Waals surface area contributed by atoms with Crippen molar-refractivity contribution in [3.05, 3.63) is 59.9 Å². The molecule has 3 aromatic rings. The molecule has 7 nitrogen and oxygen atoms in total. The van der Waals surface area contributed by atoms with Crippen LogP contribution in [-0.4, -0.2) is 28.2 Å². The van der Waals surface area contributed by atoms with Gasteiger partial charge in [0.05, 0.1) is 13.7 Å². The number of H-pyrrole nitrogens is 1. The van der Waals surface area contributed by atoms with Crippen LogP contribution < -0.4 is 15.8 Å². The van der Waals surface area contributed by atoms with Gasteiger partial charge in [-0.1, -0.05) is 19.1 Å². The highest BCUT2D eigenvalue weighted by molar-refractivity contribution is 5.91. The van der Waals surface area contributed by atoms with Gasteiger partial charge in [0.15, 0.2) is 5.82 Å². The molecule has 1 unspecified atom stereocenters. The molecule has 7 heteroatoms. The summed E-state index contributed by atoms with van der Waals surface area (Å²) in [7, 11) is 1.63. The molecular weight excluding hydrogens is 342 g/mol. The predicted molar refractivity (Wildman–Crippen MR) is 104 cm³/mol. The van der Waals surface area contributed by atoms with E-state index in [4.69, 9.17) is 10.5 Å². The van der Waals surface area contributed by atoms with Crippen LogP contribution in [0.25, 0.3) is 11.4 Å². The number of aromatic nitrogens is 3. The van der Waals surface area contributed by atoms with Gasteiger partial charge < -0.3 is 15.8 Å². The van der Waals surface area contributed by atoms with E-state index in [1.165, 1.54) is 0 Å². The zero-order valence-electron chi connectivity index (χ0n) is 15.4. The van der Waals surface area contributed by atoms with Crippen molar-refractivity contribution in [1.29, 1.82) is 0 Å². The van der Waals surface area contributed by atoms with Crippen LogP contribution in [0.2, 0.25) is 0 Å². The number of carbonyl (C=O) groups is 1. The Bertz CT molecular complexity index is 905. The van der Waals surface area contributed by atoms with Crippen molar-refractivity contribution in [3.8, 4) is 17.1 Å². The lowest BCUT2D eigenvalue weighted by Crippen LogP contribution is -2.14. The second-order valence-electron chi connectivity index (χ2n) is 6.32. The number of hydrogen-bond donors (Lipinski definition) is 3. The molecule has 0 aliphatic heterocycles. The van der Waals surface area contributed by atoms with E-state index in [1.54, 1.807) is 7.11 Å². The minimum atomic E-state index is -0.0404. The SMILES string of the molecule is COc1cccc(C(C)CC(=O)Nc2ccc(-c3n[nH]c(CN)n3)cc2)c1. The molecule has 140 valence electrons. The summed E-state index contributed by atoms with van der Waals surface area (Å²) in [6, 6.07) is 15.2. The highest BCUT2D eigenvalue weighted by Crippen LogP contribution is 2.24. The van der Waals surface area contributed by atoms with Gasteiger partial charge in [0.25, 0.3) is 0 Å². The number of amides is 1. The van der Waals surface area contributed by atoms with E-state index >= 15 is 0 Å². The minimum Gasteiger partial charge on any atom is -0.497 e. The summed E-state index contributed by atoms with van der Waals surface area (Å²) in [6.45, 7) is 2.34. The largest absolute Gasteiger partial charge is 0.497 e. The third-order valence-corrected chi connectivity index (χ3v) is 4.31. The highest BCUT2D eigenvalue weighted by Gasteiger charge is 2.13. The van der Waals surface area contributed by atoms with Gasteiger partial charge in [-0.25, -0.2) is 4.98 Å². The molecule has 1 aromatic heterocycles. The number of methoxy groups -OCH3 is 1. The third kappa shape index (κ3) is 4.71. The highest BCUT2D eigenvalue weighted by atomic mass is 16.5. The number of ether oxygens (including phenoxy) is 1. The normalized spacial score (nSPS) is 11.8. The Morgan fingerprint density at radius 3 is 2.70 bits per heavy atom. The molecule has 0 saturated carbocycles. The molecule has 27 heavy (non-hydrogen) atoms. The number of hydrogen-bond acceptors (Lipinski definition) is 5. The zero-order valence-corrected chi connectivity index (χ0v) is 15.4. The van der Waals surface area contributed by atoms with Gasteiger partial charge in [-0.2, -0.15) is 5.10 Å². The Balaban J connectivity index is 1.60. The fourth-order valence-electron chi connectivity index (χ4n) is 2.77. The first-order chi connectivity index (χ1) is 13.1. The number of rotatable bonds is 7. The molecule has 4 N–H and O–H groups in total. The van der Waals surface area contributed by atoms with E-state index in [-0.39, 0.29) is 11.8 Å². The number of carbonyl (C=O) groups excluding carboxylic acids is 1. The van der Waals surface area contributed by atoms with Gasteiger partial charge in [-0.15, -0.1) is 0 Å². The monoisotopic (exact) mass is 365 g/mol. The van der Waals surface area contributed by atoms with Crippen molar-refractivity contribution in [1.82, 2.24) is 15.2 Å². The minimum absolute atomic E-state index is 0.0404. The van der Waals surface area contributed by atoms with E-state index < -0.39 is 0 Å². The molecule has 1 heterocycles. The maximum atomic E-state index is 12.4. The van der Waals surface area contributed by atoms with Crippen molar-refractivity contribution in [2.45, 2.75) is 25.8 Å². The van der Waals surface area contributed by atoms with Crippen LogP contribution in [0.5, 0.6) is 5.75 Å². The van der Waals surface area contributed by atoms with Gasteiger partial charge in [-0.05, 0) is 47.9 Å². The number of nitrogens with one attached hydrogen (secondary N) is 2. The lowest BCUT2D eigenvalue weighted by molar-refractivity contribution is -0.116. The van der Waals surface area contributed by atoms with Crippen molar-refractivity contribution < 1.29 is 9.53 Å². The summed E-state index contributed by atoms with van der Waals surface area (Å²) in [5, 5.41) is 9.83. The van der Waals surface area contributed by atoms with Crippen molar-refractivity contribution in [2.75, 3.05) is 12.4 Å². The molecule has 0 fully saturated rings. The second-order valence-corrected chi connectivity index (χ2v) is 6.32. The van der Waals surface area contributed by atoms with Crippen LogP contribution in [-0.2, 0) is 11.3 Å². The Morgan fingerprint density at radius 2 is 2.04 bits per heavy atom. The fourth-order valence-corrected chi connectivity index (χ4v) is 2.77. The summed E-state index contributed by atoms with van der Waals surface area (Å²) in [5.74, 6) is 2.05. The van der Waals surface area contributed by atoms with Crippen LogP contribution in [0.15, 0.2) is 48.5 Å². The van der Waals surface area contributed by atoms with E-state index in [9.17, 15) is 4.79 Å². The average Bonchev–Trinajstić information content (AvgIpc) is 3.17. The Labute approximate surface area is 158 Å². The first-order valence-electron chi connectivity index (χ1n) is 8.74. The van der Waals surface area contributed by atoms with Crippen molar-refractivity contribution in [3.63, 3.8) is 0 Å². The van der Waals surface area contributed by atoms with Gasteiger partial charge in [0, 0.05) is 17.7 Å². The van der Waals surface area contributed by atoms with Gasteiger partial charge >= 0.3 is 0 Å². The quantitative estimate of drug-likeness (QED) is 0.597. The van der Waals surface area contributed by atoms with E-state index in [2.05, 4.69) is 20.5 Å². The van der Waals surface area contributed by atoms with E-state index in [0.717, 1.165) is 22.6 Å². The summed E-state index contributed by atoms with van der Waals surface area (Å²) in [4.78, 5) is 16.6. The fraction of sp³-hybridized carbons (Fsp3) is 0.250. The Morgan fingerprint density at radius 1 is 1.26 bits per heavy atom. The number of anilines is 1. The number of nitrogens with two attached hydrogens (primary N) is 1. The molecule has 1 amide bonds. The Kier molecular flexibility index (Phi) is 5.83. The molecule has 0 saturated heterocycles. The zero-order chi connectivity index (χ0) is 19.2. The number of aromatic amines is 1. The van der Waals surface area contributed by atoms with Gasteiger partial charge in [0.2, 0.25) is 5.91 Å². The van der Waals surface area contributed by atoms with Crippen LogP contribution in [0.1, 0.15) is 30.7 Å². The van der Waals surface area contributed by atoms with E-state index in [0.29, 0.717) is 24.6 Å². The molecule has 0 spiro atoms. The summed E-state index contributed by atoms with van der Waals surface area (Å²) < 4.78 is 5.24. The van der Waals surface area contributed by atoms with Crippen molar-refractivity contribution >= 4 is 11.6 Å². The van der Waals surface area contributed by atoms with Gasteiger partial charge in [0.1, 0.15) is 11.6 Å². The smallest absolute Gasteiger partial charge is 0.224 e. The maximum absolute atomic E-state index is 12.4. The van der Waals surface area contributed by atoms with Gasteiger partial charge in [-0.3, -0.25) is 9.89 Å². The molecule has 1 atom stereocenters. The topological polar surface area (TPSA) is 106 Å². The standard InChI is InChI=1S/C20H23N5O2/c1-13(15-4-3-5-17(11-15)27-2)10-19(26)22-16-8-6-14(7-9-16)20-23-18(12-21)24-25-20/h3-9,11,13H,10,12,21H2,1-2H3,(H,22,26)(H,23,24,25). The molecule has 3 rings (SSSR count). The van der Waals surface area contributed by atoms with Crippen molar-refractivity contribution in [2.24, 2.45) is 5.73 Å². The molecule has 0 radical (unpaired) electrons. The molecule has 0 bridgehead atoms. The number of nitrogens with zero attached hydrogens (tertiary/aromatic N) is 2. The number of benzene rings is 2. The second kappa shape index (κ2) is 8.46. The third-order valence-electron chi connectivity index (χ3n) is 4.31. The Hall–Kier alpha value is -3.19. The summed E-state index contributed by atoms with van der Waals surface area (Å²) in [6.07, 6.45) is 0.385. The summed E-state index contributed by atoms with van der Waals surface area (Å²) >= 11 is 0. The first-order valence-corrected chi connectivity index (χ1v) is 8.74. The van der Waals surface area contributed by atoms with Crippen LogP contribution in [0.3, 0.4) is 0 Å². The average molecular weight is 365 g/mol. The van der Waals surface area contributed by atoms with Crippen LogP contribution in [0, 0.1) is 0 Å².